The summed E-state index contributed by atoms with van der Waals surface area (Å²) < 4.78 is 1.87. The summed E-state index contributed by atoms with van der Waals surface area (Å²) in [6, 6.07) is 3.97. The van der Waals surface area contributed by atoms with Gasteiger partial charge in [0.05, 0.1) is 6.20 Å². The molecule has 1 atom stereocenters. The summed E-state index contributed by atoms with van der Waals surface area (Å²) in [5.41, 5.74) is 1.62. The molecule has 4 heterocycles. The highest BCUT2D eigenvalue weighted by Crippen LogP contribution is 2.37. The Morgan fingerprint density at radius 1 is 1.14 bits per heavy atom. The van der Waals surface area contributed by atoms with Crippen molar-refractivity contribution in [2.45, 2.75) is 51.1 Å². The maximum Gasteiger partial charge on any atom is 0.247 e. The van der Waals surface area contributed by atoms with Crippen LogP contribution in [0.3, 0.4) is 0 Å². The molecule has 1 saturated carbocycles. The van der Waals surface area contributed by atoms with Crippen LogP contribution in [-0.2, 0) is 4.79 Å². The van der Waals surface area contributed by atoms with Crippen LogP contribution in [-0.4, -0.2) is 42.5 Å². The first-order chi connectivity index (χ1) is 14.3. The largest absolute Gasteiger partial charge is 0.340 e. The number of rotatable bonds is 4. The van der Waals surface area contributed by atoms with E-state index in [4.69, 9.17) is 4.98 Å². The highest BCUT2D eigenvalue weighted by atomic mass is 16.2. The number of hydrogen-bond donors (Lipinski definition) is 1. The molecule has 1 amide bonds. The minimum Gasteiger partial charge on any atom is -0.340 e. The Labute approximate surface area is 169 Å². The summed E-state index contributed by atoms with van der Waals surface area (Å²) in [6.45, 7) is 2.05. The molecule has 1 fully saturated rings. The zero-order chi connectivity index (χ0) is 19.8. The average Bonchev–Trinajstić information content (AvgIpc) is 3.45. The van der Waals surface area contributed by atoms with E-state index < -0.39 is 0 Å². The molecule has 2 aliphatic rings. The SMILES string of the molecule is CC[C@@H]1C(=O)Nc2cnc(-n3ccnc3-c3ccncc3)nc2N1C1CCCC1. The Bertz CT molecular complexity index is 1030. The molecule has 3 aromatic heterocycles. The highest BCUT2D eigenvalue weighted by Gasteiger charge is 2.38. The molecule has 1 aliphatic carbocycles. The van der Waals surface area contributed by atoms with Crippen molar-refractivity contribution < 1.29 is 4.79 Å². The number of hydrogen-bond acceptors (Lipinski definition) is 6. The number of anilines is 2. The molecule has 0 saturated heterocycles. The van der Waals surface area contributed by atoms with E-state index in [1.54, 1.807) is 24.8 Å². The van der Waals surface area contributed by atoms with E-state index in [-0.39, 0.29) is 11.9 Å². The maximum absolute atomic E-state index is 12.7. The van der Waals surface area contributed by atoms with Gasteiger partial charge in [-0.25, -0.2) is 9.97 Å². The minimum atomic E-state index is -0.198. The van der Waals surface area contributed by atoms with E-state index in [0.717, 1.165) is 36.5 Å². The first-order valence-corrected chi connectivity index (χ1v) is 10.2. The van der Waals surface area contributed by atoms with Crippen LogP contribution in [0.25, 0.3) is 17.3 Å². The number of carbonyl (C=O) groups excluding carboxylic acids is 1. The van der Waals surface area contributed by atoms with Crippen molar-refractivity contribution in [1.82, 2.24) is 24.5 Å². The number of nitrogens with zero attached hydrogens (tertiary/aromatic N) is 6. The molecule has 8 nitrogen and oxygen atoms in total. The van der Waals surface area contributed by atoms with E-state index in [1.807, 2.05) is 22.9 Å². The molecular weight excluding hydrogens is 366 g/mol. The van der Waals surface area contributed by atoms with Crippen LogP contribution in [0.5, 0.6) is 0 Å². The van der Waals surface area contributed by atoms with E-state index in [9.17, 15) is 4.79 Å². The standard InChI is InChI=1S/C21H23N7O/c1-2-17-20(29)25-16-13-24-21(26-19(16)28(17)15-5-3-4-6-15)27-12-11-23-18(27)14-7-9-22-10-8-14/h7-13,15,17H,2-6H2,1H3,(H,25,29)/t17-/m1/s1. The predicted octanol–water partition coefficient (Wildman–Crippen LogP) is 3.20. The zero-order valence-electron chi connectivity index (χ0n) is 16.3. The van der Waals surface area contributed by atoms with E-state index in [1.165, 1.54) is 12.8 Å². The van der Waals surface area contributed by atoms with Crippen LogP contribution in [0.2, 0.25) is 0 Å². The Hall–Kier alpha value is -3.29. The van der Waals surface area contributed by atoms with E-state index in [2.05, 4.69) is 32.1 Å². The van der Waals surface area contributed by atoms with Crippen LogP contribution >= 0.6 is 0 Å². The number of fused-ring (bicyclic) bond motifs is 1. The number of carbonyl (C=O) groups is 1. The quantitative estimate of drug-likeness (QED) is 0.737. The summed E-state index contributed by atoms with van der Waals surface area (Å²) in [4.78, 5) is 32.9. The van der Waals surface area contributed by atoms with Gasteiger partial charge in [-0.1, -0.05) is 19.8 Å². The molecule has 0 bridgehead atoms. The molecule has 0 spiro atoms. The van der Waals surface area contributed by atoms with Crippen molar-refractivity contribution in [1.29, 1.82) is 0 Å². The summed E-state index contributed by atoms with van der Waals surface area (Å²) in [5, 5.41) is 2.99. The van der Waals surface area contributed by atoms with E-state index in [0.29, 0.717) is 17.7 Å². The molecule has 3 aromatic rings. The second-order valence-corrected chi connectivity index (χ2v) is 7.52. The van der Waals surface area contributed by atoms with Gasteiger partial charge in [0, 0.05) is 36.4 Å². The smallest absolute Gasteiger partial charge is 0.247 e. The normalized spacial score (nSPS) is 19.3. The molecule has 148 valence electrons. The minimum absolute atomic E-state index is 0.0309. The van der Waals surface area contributed by atoms with Gasteiger partial charge in [-0.05, 0) is 31.4 Å². The summed E-state index contributed by atoms with van der Waals surface area (Å²) in [7, 11) is 0. The number of imidazole rings is 1. The predicted molar refractivity (Wildman–Crippen MR) is 110 cm³/mol. The third-order valence-corrected chi connectivity index (χ3v) is 5.80. The fraction of sp³-hybridized carbons (Fsp3) is 0.381. The Morgan fingerprint density at radius 3 is 2.69 bits per heavy atom. The number of pyridine rings is 1. The van der Waals surface area contributed by atoms with Gasteiger partial charge in [0.2, 0.25) is 11.9 Å². The Balaban J connectivity index is 1.60. The molecule has 1 aliphatic heterocycles. The fourth-order valence-electron chi connectivity index (χ4n) is 4.43. The fourth-order valence-corrected chi connectivity index (χ4v) is 4.43. The molecule has 0 unspecified atom stereocenters. The first-order valence-electron chi connectivity index (χ1n) is 10.2. The van der Waals surface area contributed by atoms with Crippen LogP contribution in [0.1, 0.15) is 39.0 Å². The summed E-state index contributed by atoms with van der Waals surface area (Å²) in [6.07, 6.45) is 14.1. The van der Waals surface area contributed by atoms with Crippen molar-refractivity contribution in [3.05, 3.63) is 43.1 Å². The van der Waals surface area contributed by atoms with Crippen molar-refractivity contribution in [3.63, 3.8) is 0 Å². The van der Waals surface area contributed by atoms with Gasteiger partial charge in [-0.2, -0.15) is 4.98 Å². The van der Waals surface area contributed by atoms with Crippen LogP contribution in [0, 0.1) is 0 Å². The average molecular weight is 389 g/mol. The summed E-state index contributed by atoms with van der Waals surface area (Å²) >= 11 is 0. The maximum atomic E-state index is 12.7. The van der Waals surface area contributed by atoms with Crippen molar-refractivity contribution in [3.8, 4) is 17.3 Å². The lowest BCUT2D eigenvalue weighted by molar-refractivity contribution is -0.117. The van der Waals surface area contributed by atoms with E-state index >= 15 is 0 Å². The van der Waals surface area contributed by atoms with Gasteiger partial charge in [0.25, 0.3) is 0 Å². The van der Waals surface area contributed by atoms with Crippen molar-refractivity contribution in [2.24, 2.45) is 0 Å². The summed E-state index contributed by atoms with van der Waals surface area (Å²) in [5.74, 6) is 2.14. The molecule has 29 heavy (non-hydrogen) atoms. The third kappa shape index (κ3) is 3.04. The van der Waals surface area contributed by atoms with Gasteiger partial charge in [-0.3, -0.25) is 14.3 Å². The molecular formula is C21H23N7O. The molecule has 5 rings (SSSR count). The van der Waals surface area contributed by atoms with Crippen LogP contribution in [0.15, 0.2) is 43.1 Å². The second kappa shape index (κ2) is 7.27. The second-order valence-electron chi connectivity index (χ2n) is 7.52. The monoisotopic (exact) mass is 389 g/mol. The Morgan fingerprint density at radius 2 is 1.93 bits per heavy atom. The van der Waals surface area contributed by atoms with Crippen LogP contribution < -0.4 is 10.2 Å². The van der Waals surface area contributed by atoms with Gasteiger partial charge in [0.1, 0.15) is 17.6 Å². The lowest BCUT2D eigenvalue weighted by atomic mass is 10.0. The topological polar surface area (TPSA) is 88.8 Å². The molecule has 0 aromatic carbocycles. The van der Waals surface area contributed by atoms with Crippen molar-refractivity contribution in [2.75, 3.05) is 10.2 Å². The third-order valence-electron chi connectivity index (χ3n) is 5.80. The highest BCUT2D eigenvalue weighted by molar-refractivity contribution is 6.02. The number of nitrogens with one attached hydrogen (secondary N) is 1. The van der Waals surface area contributed by atoms with Gasteiger partial charge < -0.3 is 10.2 Å². The lowest BCUT2D eigenvalue weighted by Crippen LogP contribution is -2.52. The number of aromatic nitrogens is 5. The lowest BCUT2D eigenvalue weighted by Gasteiger charge is -2.40. The van der Waals surface area contributed by atoms with Crippen molar-refractivity contribution >= 4 is 17.4 Å². The first kappa shape index (κ1) is 17.8. The van der Waals surface area contributed by atoms with Gasteiger partial charge in [0.15, 0.2) is 5.82 Å². The van der Waals surface area contributed by atoms with Crippen LogP contribution in [0.4, 0.5) is 11.5 Å². The molecule has 0 radical (unpaired) electrons. The van der Waals surface area contributed by atoms with Gasteiger partial charge in [-0.15, -0.1) is 0 Å². The molecule has 8 heteroatoms. The Kier molecular flexibility index (Phi) is 4.46. The zero-order valence-corrected chi connectivity index (χ0v) is 16.3. The van der Waals surface area contributed by atoms with Gasteiger partial charge >= 0.3 is 0 Å². The molecule has 1 N–H and O–H groups in total. The number of amides is 1.